The van der Waals surface area contributed by atoms with E-state index in [0.29, 0.717) is 6.42 Å². The fourth-order valence-electron chi connectivity index (χ4n) is 2.98. The molecule has 24 heavy (non-hydrogen) atoms. The first-order chi connectivity index (χ1) is 11.3. The van der Waals surface area contributed by atoms with Crippen LogP contribution in [0.3, 0.4) is 0 Å². The Bertz CT molecular complexity index is 638. The van der Waals surface area contributed by atoms with Gasteiger partial charge in [0.05, 0.1) is 6.04 Å². The summed E-state index contributed by atoms with van der Waals surface area (Å²) in [6.07, 6.45) is 0.359. The third-order valence-corrected chi connectivity index (χ3v) is 5.28. The van der Waals surface area contributed by atoms with E-state index in [1.165, 1.54) is 5.56 Å². The van der Waals surface area contributed by atoms with E-state index >= 15 is 0 Å². The maximum atomic E-state index is 12.8. The molecule has 1 heterocycles. The number of amides is 1. The van der Waals surface area contributed by atoms with Crippen molar-refractivity contribution in [2.24, 2.45) is 5.73 Å². The fourth-order valence-corrected chi connectivity index (χ4v) is 4.07. The van der Waals surface area contributed by atoms with Crippen molar-refractivity contribution in [1.82, 2.24) is 4.90 Å². The Morgan fingerprint density at radius 1 is 1.12 bits per heavy atom. The molecule has 1 fully saturated rings. The molecule has 0 radical (unpaired) electrons. The molecule has 0 aliphatic carbocycles. The molecule has 2 N–H and O–H groups in total. The fraction of sp³-hybridized carbons (Fsp3) is 0.316. The molecule has 1 aliphatic rings. The van der Waals surface area contributed by atoms with Gasteiger partial charge < -0.3 is 10.6 Å². The van der Waals surface area contributed by atoms with Gasteiger partial charge in [-0.2, -0.15) is 11.8 Å². The summed E-state index contributed by atoms with van der Waals surface area (Å²) in [5.41, 5.74) is 8.46. The van der Waals surface area contributed by atoms with Gasteiger partial charge in [-0.3, -0.25) is 4.79 Å². The molecule has 0 bridgehead atoms. The van der Waals surface area contributed by atoms with E-state index in [1.807, 2.05) is 65.2 Å². The summed E-state index contributed by atoms with van der Waals surface area (Å²) in [4.78, 5) is 14.8. The van der Waals surface area contributed by atoms with Crippen molar-refractivity contribution < 1.29 is 4.79 Å². The zero-order valence-electron chi connectivity index (χ0n) is 13.5. The van der Waals surface area contributed by atoms with E-state index in [0.717, 1.165) is 23.6 Å². The minimum atomic E-state index is -0.241. The lowest BCUT2D eigenvalue weighted by atomic mass is 10.0. The van der Waals surface area contributed by atoms with E-state index in [4.69, 9.17) is 5.73 Å². The summed E-state index contributed by atoms with van der Waals surface area (Å²) in [5, 5.41) is 0. The number of thioether (sulfide) groups is 1. The minimum Gasteiger partial charge on any atom is -0.334 e. The summed E-state index contributed by atoms with van der Waals surface area (Å²) >= 11 is 1.91. The minimum absolute atomic E-state index is 0. The van der Waals surface area contributed by atoms with Crippen LogP contribution in [-0.4, -0.2) is 28.9 Å². The lowest BCUT2D eigenvalue weighted by molar-refractivity contribution is -0.133. The van der Waals surface area contributed by atoms with Crippen LogP contribution in [0.5, 0.6) is 0 Å². The highest BCUT2D eigenvalue weighted by Gasteiger charge is 2.29. The molecule has 2 aromatic carbocycles. The molecular weight excluding hydrogens is 340 g/mol. The van der Waals surface area contributed by atoms with Gasteiger partial charge in [-0.15, -0.1) is 12.4 Å². The van der Waals surface area contributed by atoms with Crippen LogP contribution in [0.15, 0.2) is 60.7 Å². The standard InChI is InChI=1S/C19H22N2OS.ClH/c20-17(15-7-3-1-4-8-15)13-19(22)21-11-12-23-14-18(21)16-9-5-2-6-10-16;/h1-10,17-18H,11-14,20H2;1H. The molecule has 0 aromatic heterocycles. The van der Waals surface area contributed by atoms with E-state index < -0.39 is 0 Å². The van der Waals surface area contributed by atoms with Crippen LogP contribution in [0.4, 0.5) is 0 Å². The average Bonchev–Trinajstić information content (AvgIpc) is 2.63. The molecule has 2 aromatic rings. The first-order valence-electron chi connectivity index (χ1n) is 7.98. The van der Waals surface area contributed by atoms with Crippen LogP contribution >= 0.6 is 24.2 Å². The topological polar surface area (TPSA) is 46.3 Å². The molecule has 3 nitrogen and oxygen atoms in total. The van der Waals surface area contributed by atoms with Crippen molar-refractivity contribution in [2.45, 2.75) is 18.5 Å². The smallest absolute Gasteiger partial charge is 0.225 e. The lowest BCUT2D eigenvalue weighted by Gasteiger charge is -2.36. The summed E-state index contributed by atoms with van der Waals surface area (Å²) in [6.45, 7) is 0.796. The van der Waals surface area contributed by atoms with Crippen LogP contribution < -0.4 is 5.73 Å². The zero-order valence-corrected chi connectivity index (χ0v) is 15.1. The van der Waals surface area contributed by atoms with Crippen LogP contribution in [0.25, 0.3) is 0 Å². The number of nitrogens with zero attached hydrogens (tertiary/aromatic N) is 1. The summed E-state index contributed by atoms with van der Waals surface area (Å²) in [6, 6.07) is 20.1. The largest absolute Gasteiger partial charge is 0.334 e. The van der Waals surface area contributed by atoms with Gasteiger partial charge in [0.2, 0.25) is 5.91 Å². The summed E-state index contributed by atoms with van der Waals surface area (Å²) in [7, 11) is 0. The Labute approximate surface area is 154 Å². The molecule has 0 spiro atoms. The molecule has 1 aliphatic heterocycles. The maximum absolute atomic E-state index is 12.8. The Morgan fingerprint density at radius 2 is 1.75 bits per heavy atom. The second kappa shape index (κ2) is 9.11. The van der Waals surface area contributed by atoms with E-state index in [2.05, 4.69) is 12.1 Å². The highest BCUT2D eigenvalue weighted by atomic mass is 35.5. The second-order valence-corrected chi connectivity index (χ2v) is 6.96. The molecule has 0 saturated carbocycles. The lowest BCUT2D eigenvalue weighted by Crippen LogP contribution is -2.41. The quantitative estimate of drug-likeness (QED) is 0.899. The first kappa shape index (κ1) is 18.8. The molecule has 1 saturated heterocycles. The number of halogens is 1. The predicted octanol–water partition coefficient (Wildman–Crippen LogP) is 3.82. The molecule has 3 rings (SSSR count). The van der Waals surface area contributed by atoms with E-state index in [1.54, 1.807) is 0 Å². The molecule has 2 atom stereocenters. The van der Waals surface area contributed by atoms with Crippen molar-refractivity contribution in [1.29, 1.82) is 0 Å². The Kier molecular flexibility index (Phi) is 7.16. The van der Waals surface area contributed by atoms with Crippen molar-refractivity contribution in [3.8, 4) is 0 Å². The Hall–Kier alpha value is -1.49. The van der Waals surface area contributed by atoms with Crippen molar-refractivity contribution in [3.05, 3.63) is 71.8 Å². The number of rotatable bonds is 4. The van der Waals surface area contributed by atoms with Crippen LogP contribution in [0.2, 0.25) is 0 Å². The first-order valence-corrected chi connectivity index (χ1v) is 9.14. The van der Waals surface area contributed by atoms with Gasteiger partial charge >= 0.3 is 0 Å². The molecule has 2 unspecified atom stereocenters. The van der Waals surface area contributed by atoms with E-state index in [-0.39, 0.29) is 30.4 Å². The van der Waals surface area contributed by atoms with Gasteiger partial charge in [-0.05, 0) is 11.1 Å². The van der Waals surface area contributed by atoms with Gasteiger partial charge in [0, 0.05) is 30.5 Å². The molecule has 128 valence electrons. The third-order valence-electron chi connectivity index (χ3n) is 4.26. The number of carbonyl (C=O) groups is 1. The average molecular weight is 363 g/mol. The van der Waals surface area contributed by atoms with Crippen molar-refractivity contribution in [3.63, 3.8) is 0 Å². The van der Waals surface area contributed by atoms with Crippen LogP contribution in [0.1, 0.15) is 29.6 Å². The monoisotopic (exact) mass is 362 g/mol. The van der Waals surface area contributed by atoms with Crippen molar-refractivity contribution in [2.75, 3.05) is 18.1 Å². The SMILES string of the molecule is Cl.NC(CC(=O)N1CCSCC1c1ccccc1)c1ccccc1. The summed E-state index contributed by atoms with van der Waals surface area (Å²) < 4.78 is 0. The van der Waals surface area contributed by atoms with E-state index in [9.17, 15) is 4.79 Å². The molecule has 1 amide bonds. The molecule has 5 heteroatoms. The zero-order chi connectivity index (χ0) is 16.1. The predicted molar refractivity (Wildman–Crippen MR) is 103 cm³/mol. The maximum Gasteiger partial charge on any atom is 0.225 e. The van der Waals surface area contributed by atoms with Gasteiger partial charge in [-0.25, -0.2) is 0 Å². The second-order valence-electron chi connectivity index (χ2n) is 5.81. The number of hydrogen-bond donors (Lipinski definition) is 1. The number of benzene rings is 2. The van der Waals surface area contributed by atoms with Crippen LogP contribution in [0, 0.1) is 0 Å². The Balaban J connectivity index is 0.00000208. The Morgan fingerprint density at radius 3 is 2.42 bits per heavy atom. The van der Waals surface area contributed by atoms with Gasteiger partial charge in [-0.1, -0.05) is 60.7 Å². The highest BCUT2D eigenvalue weighted by molar-refractivity contribution is 7.99. The summed E-state index contributed by atoms with van der Waals surface area (Å²) in [5.74, 6) is 2.10. The number of hydrogen-bond acceptors (Lipinski definition) is 3. The highest BCUT2D eigenvalue weighted by Crippen LogP contribution is 2.30. The van der Waals surface area contributed by atoms with Crippen molar-refractivity contribution >= 4 is 30.1 Å². The molecular formula is C19H23ClN2OS. The van der Waals surface area contributed by atoms with Gasteiger partial charge in [0.15, 0.2) is 0 Å². The number of carbonyl (C=O) groups excluding carboxylic acids is 1. The number of nitrogens with two attached hydrogens (primary N) is 1. The van der Waals surface area contributed by atoms with Crippen LogP contribution in [-0.2, 0) is 4.79 Å². The van der Waals surface area contributed by atoms with Gasteiger partial charge in [0.25, 0.3) is 0 Å². The third kappa shape index (κ3) is 4.53. The van der Waals surface area contributed by atoms with Gasteiger partial charge in [0.1, 0.15) is 0 Å². The normalized spacial score (nSPS) is 18.5.